The van der Waals surface area contributed by atoms with Gasteiger partial charge in [0.1, 0.15) is 12.1 Å². The van der Waals surface area contributed by atoms with Gasteiger partial charge in [0.05, 0.1) is 26.7 Å². The topological polar surface area (TPSA) is 138 Å². The van der Waals surface area contributed by atoms with Gasteiger partial charge in [-0.15, -0.1) is 0 Å². The highest BCUT2D eigenvalue weighted by Crippen LogP contribution is 2.26. The van der Waals surface area contributed by atoms with Crippen LogP contribution in [-0.4, -0.2) is 67.3 Å². The molecule has 1 heterocycles. The Labute approximate surface area is 155 Å². The first kappa shape index (κ1) is 21.9. The molecule has 1 rings (SSSR count). The average molecular weight is 386 g/mol. The number of nitrogens with zero attached hydrogens (tertiary/aromatic N) is 1. The molecular weight excluding hydrogens is 364 g/mol. The summed E-state index contributed by atoms with van der Waals surface area (Å²) in [6.45, 7) is 3.81. The Morgan fingerprint density at radius 1 is 1.19 bits per heavy atom. The van der Waals surface area contributed by atoms with Crippen LogP contribution in [0.15, 0.2) is 11.8 Å². The van der Waals surface area contributed by atoms with E-state index < -0.39 is 53.7 Å². The molecule has 0 spiro atoms. The molecule has 27 heavy (non-hydrogen) atoms. The first-order valence-electron chi connectivity index (χ1n) is 7.91. The zero-order valence-electron chi connectivity index (χ0n) is 15.6. The van der Waals surface area contributed by atoms with E-state index >= 15 is 0 Å². The second-order valence-electron chi connectivity index (χ2n) is 5.62. The summed E-state index contributed by atoms with van der Waals surface area (Å²) in [6.07, 6.45) is -1.44. The van der Waals surface area contributed by atoms with Gasteiger partial charge < -0.3 is 18.9 Å². The molecule has 11 nitrogen and oxygen atoms in total. The maximum Gasteiger partial charge on any atom is 0.356 e. The molecule has 1 fully saturated rings. The standard InChI is InChI=1S/C16H22N2O9/c1-8-15(27-10(3)20)11(6-14(22)26-8)18(17-9(2)19)12(16(23)25-5)7-13(21)24-4/h7-8,11,15H,6H2,1-5H3,(H,17,19)/b12-7+/t8-,11-,15-/m0/s1. The van der Waals surface area contributed by atoms with Crippen molar-refractivity contribution >= 4 is 29.8 Å². The highest BCUT2D eigenvalue weighted by molar-refractivity contribution is 5.96. The van der Waals surface area contributed by atoms with Gasteiger partial charge in [-0.1, -0.05) is 0 Å². The summed E-state index contributed by atoms with van der Waals surface area (Å²) in [7, 11) is 2.17. The number of carbonyl (C=O) groups excluding carboxylic acids is 5. The van der Waals surface area contributed by atoms with Gasteiger partial charge in [-0.2, -0.15) is 0 Å². The monoisotopic (exact) mass is 386 g/mol. The lowest BCUT2D eigenvalue weighted by atomic mass is 9.98. The Morgan fingerprint density at radius 3 is 2.30 bits per heavy atom. The van der Waals surface area contributed by atoms with E-state index in [1.165, 1.54) is 6.92 Å². The minimum Gasteiger partial charge on any atom is -0.466 e. The molecule has 0 aromatic carbocycles. The molecule has 1 N–H and O–H groups in total. The van der Waals surface area contributed by atoms with E-state index in [1.54, 1.807) is 0 Å². The summed E-state index contributed by atoms with van der Waals surface area (Å²) in [5.41, 5.74) is 1.94. The number of hydrogen-bond donors (Lipinski definition) is 1. The molecule has 11 heteroatoms. The van der Waals surface area contributed by atoms with Crippen LogP contribution in [0.3, 0.4) is 0 Å². The Hall–Kier alpha value is -3.11. The second kappa shape index (κ2) is 9.55. The lowest BCUT2D eigenvalue weighted by molar-refractivity contribution is -0.185. The van der Waals surface area contributed by atoms with Crippen LogP contribution in [0, 0.1) is 0 Å². The van der Waals surface area contributed by atoms with Crippen LogP contribution in [0.5, 0.6) is 0 Å². The van der Waals surface area contributed by atoms with E-state index in [1.807, 2.05) is 0 Å². The lowest BCUT2D eigenvalue weighted by Crippen LogP contribution is -2.60. The highest BCUT2D eigenvalue weighted by atomic mass is 16.6. The summed E-state index contributed by atoms with van der Waals surface area (Å²) < 4.78 is 19.4. The molecule has 1 saturated heterocycles. The number of rotatable bonds is 6. The Balaban J connectivity index is 3.46. The summed E-state index contributed by atoms with van der Waals surface area (Å²) in [4.78, 5) is 59.0. The van der Waals surface area contributed by atoms with Crippen molar-refractivity contribution in [2.24, 2.45) is 0 Å². The van der Waals surface area contributed by atoms with Crippen molar-refractivity contribution in [3.63, 3.8) is 0 Å². The highest BCUT2D eigenvalue weighted by Gasteiger charge is 2.44. The van der Waals surface area contributed by atoms with Crippen molar-refractivity contribution < 1.29 is 42.9 Å². The summed E-state index contributed by atoms with van der Waals surface area (Å²) in [6, 6.07) is -1.04. The number of hydrogen-bond acceptors (Lipinski definition) is 10. The van der Waals surface area contributed by atoms with Crippen molar-refractivity contribution in [1.82, 2.24) is 10.4 Å². The van der Waals surface area contributed by atoms with Gasteiger partial charge >= 0.3 is 23.9 Å². The fourth-order valence-electron chi connectivity index (χ4n) is 2.52. The fourth-order valence-corrected chi connectivity index (χ4v) is 2.52. The fraction of sp³-hybridized carbons (Fsp3) is 0.562. The number of amides is 1. The van der Waals surface area contributed by atoms with E-state index in [4.69, 9.17) is 9.47 Å². The number of esters is 4. The maximum atomic E-state index is 12.2. The van der Waals surface area contributed by atoms with Crippen LogP contribution in [-0.2, 0) is 42.9 Å². The third-order valence-electron chi connectivity index (χ3n) is 3.56. The number of carbonyl (C=O) groups is 5. The first-order valence-corrected chi connectivity index (χ1v) is 7.91. The normalized spacial score (nSPS) is 22.2. The molecule has 0 saturated carbocycles. The Morgan fingerprint density at radius 2 is 1.81 bits per heavy atom. The van der Waals surface area contributed by atoms with Crippen LogP contribution in [0.4, 0.5) is 0 Å². The van der Waals surface area contributed by atoms with Gasteiger partial charge in [-0.05, 0) is 6.92 Å². The minimum atomic E-state index is -1.04. The van der Waals surface area contributed by atoms with Gasteiger partial charge in [-0.25, -0.2) is 9.59 Å². The van der Waals surface area contributed by atoms with E-state index in [0.717, 1.165) is 39.2 Å². The van der Waals surface area contributed by atoms with Crippen LogP contribution in [0.2, 0.25) is 0 Å². The smallest absolute Gasteiger partial charge is 0.356 e. The van der Waals surface area contributed by atoms with Crippen molar-refractivity contribution in [3.8, 4) is 0 Å². The largest absolute Gasteiger partial charge is 0.466 e. The predicted octanol–water partition coefficient (Wildman–Crippen LogP) is -0.795. The van der Waals surface area contributed by atoms with Crippen molar-refractivity contribution in [3.05, 3.63) is 11.8 Å². The second-order valence-corrected chi connectivity index (χ2v) is 5.62. The predicted molar refractivity (Wildman–Crippen MR) is 87.3 cm³/mol. The number of hydrazine groups is 1. The zero-order chi connectivity index (χ0) is 20.7. The Kier molecular flexibility index (Phi) is 7.76. The summed E-state index contributed by atoms with van der Waals surface area (Å²) in [5, 5.41) is 0.954. The zero-order valence-corrected chi connectivity index (χ0v) is 15.6. The van der Waals surface area contributed by atoms with Crippen molar-refractivity contribution in [2.75, 3.05) is 14.2 Å². The molecule has 0 bridgehead atoms. The summed E-state index contributed by atoms with van der Waals surface area (Å²) in [5.74, 6) is -3.80. The third kappa shape index (κ3) is 5.97. The average Bonchev–Trinajstić information content (AvgIpc) is 2.58. The molecule has 0 radical (unpaired) electrons. The number of cyclic esters (lactones) is 1. The van der Waals surface area contributed by atoms with Gasteiger partial charge in [-0.3, -0.25) is 24.8 Å². The molecule has 1 aliphatic rings. The SMILES string of the molecule is COC(=O)/C=C(\C(=O)OC)N(NC(C)=O)[C@H]1CC(=O)O[C@@H](C)[C@@H]1OC(C)=O. The van der Waals surface area contributed by atoms with Crippen molar-refractivity contribution in [1.29, 1.82) is 0 Å². The molecule has 3 atom stereocenters. The van der Waals surface area contributed by atoms with E-state index in [-0.39, 0.29) is 6.42 Å². The van der Waals surface area contributed by atoms with E-state index in [9.17, 15) is 24.0 Å². The van der Waals surface area contributed by atoms with Gasteiger partial charge in [0.2, 0.25) is 5.91 Å². The Bertz CT molecular complexity index is 658. The minimum absolute atomic E-state index is 0.335. The lowest BCUT2D eigenvalue weighted by Gasteiger charge is -2.41. The van der Waals surface area contributed by atoms with Crippen LogP contribution < -0.4 is 5.43 Å². The van der Waals surface area contributed by atoms with Gasteiger partial charge in [0.25, 0.3) is 0 Å². The number of ether oxygens (including phenoxy) is 4. The van der Waals surface area contributed by atoms with E-state index in [0.29, 0.717) is 0 Å². The van der Waals surface area contributed by atoms with E-state index in [2.05, 4.69) is 14.9 Å². The quantitative estimate of drug-likeness (QED) is 0.267. The van der Waals surface area contributed by atoms with Gasteiger partial charge in [0, 0.05) is 13.8 Å². The first-order chi connectivity index (χ1) is 12.6. The molecule has 150 valence electrons. The molecule has 0 aliphatic carbocycles. The molecule has 1 amide bonds. The van der Waals surface area contributed by atoms with Crippen molar-refractivity contribution in [2.45, 2.75) is 45.4 Å². The summed E-state index contributed by atoms with van der Waals surface area (Å²) >= 11 is 0. The van der Waals surface area contributed by atoms with Crippen LogP contribution in [0.25, 0.3) is 0 Å². The molecule has 0 unspecified atom stereocenters. The van der Waals surface area contributed by atoms with Crippen LogP contribution >= 0.6 is 0 Å². The molecular formula is C16H22N2O9. The maximum absolute atomic E-state index is 12.2. The third-order valence-corrected chi connectivity index (χ3v) is 3.56. The van der Waals surface area contributed by atoms with Crippen LogP contribution in [0.1, 0.15) is 27.2 Å². The molecule has 0 aromatic rings. The molecule has 1 aliphatic heterocycles. The number of methoxy groups -OCH3 is 2. The number of nitrogens with one attached hydrogen (secondary N) is 1. The van der Waals surface area contributed by atoms with Gasteiger partial charge in [0.15, 0.2) is 11.8 Å². The molecule has 0 aromatic heterocycles.